The highest BCUT2D eigenvalue weighted by Gasteiger charge is 2.32. The Morgan fingerprint density at radius 2 is 2.43 bits per heavy atom. The molecule has 1 aromatic heterocycles. The van der Waals surface area contributed by atoms with E-state index in [4.69, 9.17) is 4.74 Å². The highest BCUT2D eigenvalue weighted by atomic mass is 32.1. The number of amides is 2. The van der Waals surface area contributed by atoms with Gasteiger partial charge in [-0.25, -0.2) is 4.79 Å². The summed E-state index contributed by atoms with van der Waals surface area (Å²) in [6.07, 6.45) is 1.92. The third kappa shape index (κ3) is 4.43. The lowest BCUT2D eigenvalue weighted by atomic mass is 9.84. The van der Waals surface area contributed by atoms with Crippen molar-refractivity contribution in [3.63, 3.8) is 0 Å². The Balaban J connectivity index is 1.99. The SMILES string of the molecule is CC(C)(CO)[C@H](NC(=O)N[C@H]1CCCOC1)c1cccs1. The van der Waals surface area contributed by atoms with E-state index in [1.54, 1.807) is 11.3 Å². The summed E-state index contributed by atoms with van der Waals surface area (Å²) in [5.41, 5.74) is -0.425. The van der Waals surface area contributed by atoms with Crippen LogP contribution in [0, 0.1) is 5.41 Å². The molecule has 0 saturated carbocycles. The van der Waals surface area contributed by atoms with Crippen molar-refractivity contribution >= 4 is 17.4 Å². The smallest absolute Gasteiger partial charge is 0.315 e. The highest BCUT2D eigenvalue weighted by molar-refractivity contribution is 7.10. The van der Waals surface area contributed by atoms with Crippen molar-refractivity contribution in [3.8, 4) is 0 Å². The summed E-state index contributed by atoms with van der Waals surface area (Å²) in [7, 11) is 0. The molecule has 118 valence electrons. The fourth-order valence-corrected chi connectivity index (χ4v) is 3.40. The molecule has 3 N–H and O–H groups in total. The van der Waals surface area contributed by atoms with Crippen LogP contribution in [0.25, 0.3) is 0 Å². The van der Waals surface area contributed by atoms with Crippen LogP contribution in [-0.2, 0) is 4.74 Å². The fraction of sp³-hybridized carbons (Fsp3) is 0.667. The molecule has 5 nitrogen and oxygen atoms in total. The molecule has 2 rings (SSSR count). The van der Waals surface area contributed by atoms with Gasteiger partial charge in [0.25, 0.3) is 0 Å². The molecule has 0 aromatic carbocycles. The summed E-state index contributed by atoms with van der Waals surface area (Å²) >= 11 is 1.58. The molecule has 6 heteroatoms. The maximum atomic E-state index is 12.2. The van der Waals surface area contributed by atoms with Crippen LogP contribution in [0.15, 0.2) is 17.5 Å². The second-order valence-corrected chi connectivity index (χ2v) is 7.11. The van der Waals surface area contributed by atoms with Crippen LogP contribution in [0.1, 0.15) is 37.6 Å². The summed E-state index contributed by atoms with van der Waals surface area (Å²) < 4.78 is 5.37. The van der Waals surface area contributed by atoms with Crippen LogP contribution >= 0.6 is 11.3 Å². The number of hydrogen-bond acceptors (Lipinski definition) is 4. The van der Waals surface area contributed by atoms with Crippen LogP contribution < -0.4 is 10.6 Å². The molecule has 1 aromatic rings. The first-order valence-corrected chi connectivity index (χ1v) is 8.20. The number of aliphatic hydroxyl groups excluding tert-OH is 1. The molecule has 21 heavy (non-hydrogen) atoms. The molecule has 2 heterocycles. The van der Waals surface area contributed by atoms with E-state index in [2.05, 4.69) is 10.6 Å². The van der Waals surface area contributed by atoms with Gasteiger partial charge < -0.3 is 20.5 Å². The van der Waals surface area contributed by atoms with E-state index < -0.39 is 5.41 Å². The first kappa shape index (κ1) is 16.3. The van der Waals surface area contributed by atoms with Crippen LogP contribution in [0.2, 0.25) is 0 Å². The van der Waals surface area contributed by atoms with E-state index in [1.807, 2.05) is 31.4 Å². The number of thiophene rings is 1. The van der Waals surface area contributed by atoms with E-state index in [0.717, 1.165) is 24.3 Å². The summed E-state index contributed by atoms with van der Waals surface area (Å²) in [6.45, 7) is 5.24. The molecule has 1 aliphatic heterocycles. The van der Waals surface area contributed by atoms with Gasteiger partial charge in [-0.15, -0.1) is 11.3 Å². The van der Waals surface area contributed by atoms with E-state index in [1.165, 1.54) is 0 Å². The van der Waals surface area contributed by atoms with Crippen molar-refractivity contribution in [2.24, 2.45) is 5.41 Å². The molecule has 0 aliphatic carbocycles. The Morgan fingerprint density at radius 3 is 3.00 bits per heavy atom. The summed E-state index contributed by atoms with van der Waals surface area (Å²) in [4.78, 5) is 13.3. The molecule has 2 amide bonds. The van der Waals surface area contributed by atoms with Gasteiger partial charge in [-0.1, -0.05) is 19.9 Å². The van der Waals surface area contributed by atoms with Gasteiger partial charge in [0.1, 0.15) is 0 Å². The predicted molar refractivity (Wildman–Crippen MR) is 83.4 cm³/mol. The maximum Gasteiger partial charge on any atom is 0.315 e. The third-order valence-corrected chi connectivity index (χ3v) is 4.72. The quantitative estimate of drug-likeness (QED) is 0.781. The Bertz CT molecular complexity index is 442. The number of ether oxygens (including phenoxy) is 1. The number of carbonyl (C=O) groups is 1. The third-order valence-electron chi connectivity index (χ3n) is 3.79. The largest absolute Gasteiger partial charge is 0.396 e. The zero-order chi connectivity index (χ0) is 15.3. The van der Waals surface area contributed by atoms with Crippen LogP contribution in [-0.4, -0.2) is 37.0 Å². The Kier molecular flexibility index (Phi) is 5.61. The van der Waals surface area contributed by atoms with Crippen LogP contribution in [0.4, 0.5) is 4.79 Å². The number of rotatable bonds is 5. The summed E-state index contributed by atoms with van der Waals surface area (Å²) in [5, 5.41) is 17.5. The Morgan fingerprint density at radius 1 is 1.62 bits per heavy atom. The van der Waals surface area contributed by atoms with Gasteiger partial charge in [-0.3, -0.25) is 0 Å². The first-order valence-electron chi connectivity index (χ1n) is 7.32. The van der Waals surface area contributed by atoms with Crippen LogP contribution in [0.5, 0.6) is 0 Å². The molecular weight excluding hydrogens is 288 g/mol. The van der Waals surface area contributed by atoms with Crippen molar-refractivity contribution in [3.05, 3.63) is 22.4 Å². The predicted octanol–water partition coefficient (Wildman–Crippen LogP) is 2.29. The van der Waals surface area contributed by atoms with E-state index >= 15 is 0 Å². The van der Waals surface area contributed by atoms with Crippen molar-refractivity contribution in [1.29, 1.82) is 0 Å². The van der Waals surface area contributed by atoms with Gasteiger partial charge in [0, 0.05) is 16.9 Å². The molecular formula is C15H24N2O3S. The standard InChI is InChI=1S/C15H24N2O3S/c1-15(2,10-18)13(12-6-4-8-21-12)17-14(19)16-11-5-3-7-20-9-11/h4,6,8,11,13,18H,3,5,7,9-10H2,1-2H3,(H2,16,17,19)/t11-,13+/m0/s1. The van der Waals surface area contributed by atoms with Crippen LogP contribution in [0.3, 0.4) is 0 Å². The zero-order valence-electron chi connectivity index (χ0n) is 12.6. The molecule has 1 fully saturated rings. The molecule has 1 saturated heterocycles. The van der Waals surface area contributed by atoms with E-state index in [9.17, 15) is 9.90 Å². The number of urea groups is 1. The minimum Gasteiger partial charge on any atom is -0.396 e. The summed E-state index contributed by atoms with van der Waals surface area (Å²) in [6, 6.07) is 3.59. The molecule has 0 radical (unpaired) electrons. The molecule has 2 atom stereocenters. The normalized spacial score (nSPS) is 20.8. The Labute approximate surface area is 129 Å². The van der Waals surface area contributed by atoms with E-state index in [-0.39, 0.29) is 24.7 Å². The number of carbonyl (C=O) groups excluding carboxylic acids is 1. The van der Waals surface area contributed by atoms with Gasteiger partial charge in [0.05, 0.1) is 25.3 Å². The topological polar surface area (TPSA) is 70.6 Å². The summed E-state index contributed by atoms with van der Waals surface area (Å²) in [5.74, 6) is 0. The second kappa shape index (κ2) is 7.24. The molecule has 0 unspecified atom stereocenters. The molecule has 0 spiro atoms. The van der Waals surface area contributed by atoms with Crippen molar-refractivity contribution in [1.82, 2.24) is 10.6 Å². The lowest BCUT2D eigenvalue weighted by Crippen LogP contribution is -2.49. The average molecular weight is 312 g/mol. The molecule has 0 bridgehead atoms. The monoisotopic (exact) mass is 312 g/mol. The molecule has 1 aliphatic rings. The van der Waals surface area contributed by atoms with Gasteiger partial charge in [0.15, 0.2) is 0 Å². The number of aliphatic hydroxyl groups is 1. The number of hydrogen-bond donors (Lipinski definition) is 3. The fourth-order valence-electron chi connectivity index (χ4n) is 2.41. The minimum atomic E-state index is -0.425. The van der Waals surface area contributed by atoms with Gasteiger partial charge in [-0.2, -0.15) is 0 Å². The van der Waals surface area contributed by atoms with Crippen molar-refractivity contribution in [2.75, 3.05) is 19.8 Å². The lowest BCUT2D eigenvalue weighted by Gasteiger charge is -2.33. The van der Waals surface area contributed by atoms with Crippen molar-refractivity contribution in [2.45, 2.75) is 38.8 Å². The lowest BCUT2D eigenvalue weighted by molar-refractivity contribution is 0.0718. The first-order chi connectivity index (χ1) is 10.0. The van der Waals surface area contributed by atoms with Crippen molar-refractivity contribution < 1.29 is 14.6 Å². The zero-order valence-corrected chi connectivity index (χ0v) is 13.4. The van der Waals surface area contributed by atoms with Gasteiger partial charge in [0.2, 0.25) is 0 Å². The number of nitrogens with one attached hydrogen (secondary N) is 2. The highest BCUT2D eigenvalue weighted by Crippen LogP contribution is 2.35. The maximum absolute atomic E-state index is 12.2. The van der Waals surface area contributed by atoms with E-state index in [0.29, 0.717) is 6.61 Å². The van der Waals surface area contributed by atoms with Gasteiger partial charge in [-0.05, 0) is 24.3 Å². The average Bonchev–Trinajstić information content (AvgIpc) is 2.99. The Hall–Kier alpha value is -1.11. The van der Waals surface area contributed by atoms with Gasteiger partial charge >= 0.3 is 6.03 Å². The second-order valence-electron chi connectivity index (χ2n) is 6.13. The minimum absolute atomic E-state index is 0.00237.